The number of carboxylic acids is 1. The number of phosphoric ester groups is 1. The number of fused-ring (bicyclic) bond motifs is 2. The quantitative estimate of drug-likeness (QED) is 0.00281. The van der Waals surface area contributed by atoms with Crippen molar-refractivity contribution < 1.29 is 134 Å². The summed E-state index contributed by atoms with van der Waals surface area (Å²) in [6.45, 7) is 3.95. The Kier molecular flexibility index (Phi) is 30.5. The topological polar surface area (TPSA) is 582 Å². The molecule has 5 atom stereocenters. The zero-order chi connectivity index (χ0) is 73.1. The Morgan fingerprint density at radius 2 is 1.49 bits per heavy atom. The number of nitrogens with two attached hydrogens (primary N) is 2. The van der Waals surface area contributed by atoms with Crippen molar-refractivity contribution in [1.82, 2.24) is 25.5 Å². The van der Waals surface area contributed by atoms with Gasteiger partial charge in [0.15, 0.2) is 21.1 Å². The normalized spacial score (nSPS) is 16.3. The molecule has 1 fully saturated rings. The first-order valence-electron chi connectivity index (χ1n) is 28.4. The number of unbranched alkanes of at least 4 members (excludes halogenated alkanes) is 1. The van der Waals surface area contributed by atoms with Crippen LogP contribution in [-0.2, 0) is 80.2 Å². The fraction of sp³-hybridized carbons (Fsp3) is 0.442. The van der Waals surface area contributed by atoms with Crippen molar-refractivity contribution in [3.63, 3.8) is 0 Å². The first-order valence-corrected chi connectivity index (χ1v) is 40.8. The molecule has 3 aromatic rings. The molecule has 2 aliphatic heterocycles. The lowest BCUT2D eigenvalue weighted by Gasteiger charge is -2.22. The van der Waals surface area contributed by atoms with Gasteiger partial charge in [-0.2, -0.15) is 30.4 Å². The maximum absolute atomic E-state index is 13.4. The van der Waals surface area contributed by atoms with Crippen LogP contribution in [0.3, 0.4) is 0 Å². The van der Waals surface area contributed by atoms with Crippen molar-refractivity contribution in [2.75, 3.05) is 95.5 Å². The number of alkyl carbamates (subject to hydrolysis) is 2. The summed E-state index contributed by atoms with van der Waals surface area (Å²) in [7, 11) is -21.9. The van der Waals surface area contributed by atoms with Crippen LogP contribution in [0, 0.1) is 17.4 Å². The summed E-state index contributed by atoms with van der Waals surface area (Å²) in [6.07, 6.45) is -0.546. The second-order valence-corrected chi connectivity index (χ2v) is 33.4. The molecular formula is C52H67N8O30P3S6. The van der Waals surface area contributed by atoms with Crippen LogP contribution >= 0.6 is 66.6 Å². The van der Waals surface area contributed by atoms with Crippen molar-refractivity contribution in [2.45, 2.75) is 72.5 Å². The van der Waals surface area contributed by atoms with Gasteiger partial charge in [-0.1, -0.05) is 43.2 Å². The standard InChI is InChI=1S/C52H67N8O30P3S6/c1-52(2,97-96-28-82-17-4-5-18-83-50(65)57-14-12-31-26-60(49(64)59-46(31)55)40-25-38(85-29-95-94-3)39(87-40)27-86-92(70,71)90-93(72,73)89-91(67,68)69)13-19-84-51(66)58-16-21-81-23-22-80-20-15-56-47(61)30-6-7-32(48(62)63)35(24-30)41-33-8-10-36(53)44(98(74,75)76)42(33)88-43-34(41)9-11-37(54)45(43)99(77,78)79/h6-11,24,26,38-40,53H,4-5,13,15-23,25,27-29,54H2,1-3H3,(H,56,61)(H,57,65)(H,58,66)(H,62,63)(H,70,71)(H,72,73)(H2,55,59,64)(H2,67,68,69)(H,74,75,76)(H,77,78,79)/t38?,39-,40-/m1/s1. The van der Waals surface area contributed by atoms with Gasteiger partial charge in [-0.15, -0.1) is 0 Å². The number of aromatic nitrogens is 2. The van der Waals surface area contributed by atoms with E-state index < -0.39 is 136 Å². The highest BCUT2D eigenvalue weighted by Gasteiger charge is 2.44. The van der Waals surface area contributed by atoms with Crippen LogP contribution in [0.5, 0.6) is 0 Å². The Labute approximate surface area is 578 Å². The molecule has 3 heterocycles. The number of ether oxygens (including phenoxy) is 7. The molecule has 99 heavy (non-hydrogen) atoms. The molecule has 47 heteroatoms. The molecule has 1 saturated heterocycles. The molecule has 38 nitrogen and oxygen atoms in total. The van der Waals surface area contributed by atoms with Gasteiger partial charge < -0.3 is 84.4 Å². The third kappa shape index (κ3) is 25.5. The molecule has 6 rings (SSSR count). The molecule has 15 N–H and O–H groups in total. The fourth-order valence-electron chi connectivity index (χ4n) is 8.79. The van der Waals surface area contributed by atoms with Gasteiger partial charge in [-0.25, -0.2) is 38.2 Å². The Morgan fingerprint density at radius 3 is 2.16 bits per heavy atom. The van der Waals surface area contributed by atoms with Crippen molar-refractivity contribution in [2.24, 2.45) is 0 Å². The molecule has 0 spiro atoms. The third-order valence-electron chi connectivity index (χ3n) is 13.1. The predicted octanol–water partition coefficient (Wildman–Crippen LogP) is 5.11. The maximum Gasteiger partial charge on any atom is 0.490 e. The number of amides is 3. The van der Waals surface area contributed by atoms with Gasteiger partial charge in [0.25, 0.3) is 26.1 Å². The van der Waals surface area contributed by atoms with Crippen molar-refractivity contribution in [1.29, 1.82) is 5.41 Å². The van der Waals surface area contributed by atoms with Gasteiger partial charge in [0, 0.05) is 65.2 Å². The van der Waals surface area contributed by atoms with E-state index in [-0.39, 0.29) is 109 Å². The molecule has 0 radical (unpaired) electrons. The van der Waals surface area contributed by atoms with Crippen molar-refractivity contribution in [3.8, 4) is 34.4 Å². The van der Waals surface area contributed by atoms with E-state index in [1.807, 2.05) is 13.8 Å². The van der Waals surface area contributed by atoms with E-state index >= 15 is 0 Å². The summed E-state index contributed by atoms with van der Waals surface area (Å²) < 4.78 is 163. The highest BCUT2D eigenvalue weighted by atomic mass is 33.1. The number of hydrogen-bond donors (Lipinski definition) is 13. The van der Waals surface area contributed by atoms with Crippen molar-refractivity contribution in [3.05, 3.63) is 81.2 Å². The molecular weight excluding hydrogens is 1500 g/mol. The van der Waals surface area contributed by atoms with E-state index in [1.54, 1.807) is 6.26 Å². The van der Waals surface area contributed by atoms with Gasteiger partial charge in [-0.05, 0) is 93.3 Å². The maximum atomic E-state index is 13.4. The van der Waals surface area contributed by atoms with Crippen LogP contribution in [0.1, 0.15) is 72.0 Å². The van der Waals surface area contributed by atoms with E-state index in [4.69, 9.17) is 68.8 Å². The number of benzene rings is 3. The first-order chi connectivity index (χ1) is 46.4. The molecule has 0 saturated carbocycles. The first kappa shape index (κ1) is 82.0. The fourth-order valence-corrected chi connectivity index (χ4v) is 16.4. The van der Waals surface area contributed by atoms with Gasteiger partial charge in [0.05, 0.1) is 74.5 Å². The highest BCUT2D eigenvalue weighted by Crippen LogP contribution is 2.66. The number of aromatic carboxylic acids is 1. The minimum Gasteiger partial charge on any atom is -0.478 e. The van der Waals surface area contributed by atoms with E-state index in [0.29, 0.717) is 31.8 Å². The second-order valence-electron chi connectivity index (χ2n) is 20.8. The molecule has 546 valence electrons. The number of nitrogens with zero attached hydrogens (tertiary/aromatic N) is 2. The number of carboxylic acid groups (broad SMARTS) is 1. The van der Waals surface area contributed by atoms with E-state index in [1.165, 1.54) is 61.5 Å². The summed E-state index contributed by atoms with van der Waals surface area (Å²) in [6, 6.07) is 10.2. The number of carbonyl (C=O) groups is 4. The minimum absolute atomic E-state index is 0.00368. The lowest BCUT2D eigenvalue weighted by atomic mass is 9.89. The number of phosphoric acid groups is 3. The van der Waals surface area contributed by atoms with Crippen LogP contribution in [0.2, 0.25) is 0 Å². The summed E-state index contributed by atoms with van der Waals surface area (Å²) in [5, 5.41) is 24.9. The largest absolute Gasteiger partial charge is 0.490 e. The minimum atomic E-state index is -5.80. The highest BCUT2D eigenvalue weighted by molar-refractivity contribution is 8.77. The van der Waals surface area contributed by atoms with Crippen LogP contribution in [0.4, 0.5) is 21.1 Å². The number of hydrogen-bond acceptors (Lipinski definition) is 31. The summed E-state index contributed by atoms with van der Waals surface area (Å²) in [4.78, 5) is 102. The smallest absolute Gasteiger partial charge is 0.478 e. The average molecular weight is 1570 g/mol. The number of nitrogens with one attached hydrogen (secondary N) is 4. The Bertz CT molecular complexity index is 4290. The zero-order valence-electron chi connectivity index (χ0n) is 52.0. The lowest BCUT2D eigenvalue weighted by molar-refractivity contribution is -0.0543. The average Bonchev–Trinajstić information content (AvgIpc) is 0.785. The predicted molar refractivity (Wildman–Crippen MR) is 356 cm³/mol. The Hall–Kier alpha value is -5.92. The molecule has 3 unspecified atom stereocenters. The molecule has 0 bridgehead atoms. The van der Waals surface area contributed by atoms with Crippen LogP contribution in [0.15, 0.2) is 67.7 Å². The number of rotatable bonds is 38. The van der Waals surface area contributed by atoms with E-state index in [0.717, 1.165) is 34.9 Å². The van der Waals surface area contributed by atoms with Gasteiger partial charge in [0.2, 0.25) is 0 Å². The third-order valence-corrected chi connectivity index (χ3v) is 23.2. The zero-order valence-corrected chi connectivity index (χ0v) is 59.6. The molecule has 1 aliphatic carbocycles. The summed E-state index contributed by atoms with van der Waals surface area (Å²) in [5.74, 6) is -0.379. The number of anilines is 2. The second kappa shape index (κ2) is 36.8. The van der Waals surface area contributed by atoms with Gasteiger partial charge in [-0.3, -0.25) is 28.4 Å². The summed E-state index contributed by atoms with van der Waals surface area (Å²) in [5.41, 5.74) is 8.29. The molecule has 2 aromatic carbocycles. The number of carbonyl (C=O) groups excluding carboxylic acids is 3. The van der Waals surface area contributed by atoms with Gasteiger partial charge >= 0.3 is 47.3 Å². The van der Waals surface area contributed by atoms with Gasteiger partial charge in [0.1, 0.15) is 30.0 Å². The summed E-state index contributed by atoms with van der Waals surface area (Å²) >= 11 is 0. The van der Waals surface area contributed by atoms with E-state index in [2.05, 4.69) is 41.5 Å². The molecule has 3 aliphatic rings. The Morgan fingerprint density at radius 1 is 0.818 bits per heavy atom. The van der Waals surface area contributed by atoms with Crippen LogP contribution in [-0.4, -0.2) is 185 Å². The monoisotopic (exact) mass is 1570 g/mol. The number of nitrogen functional groups attached to an aromatic ring is 2. The molecule has 3 amide bonds. The molecule has 1 aromatic heterocycles. The van der Waals surface area contributed by atoms with Crippen LogP contribution in [0.25, 0.3) is 33.4 Å². The van der Waals surface area contributed by atoms with E-state index in [9.17, 15) is 78.5 Å². The van der Waals surface area contributed by atoms with Crippen LogP contribution < -0.4 is 38.5 Å². The SMILES string of the molecule is CSSCOC1C[C@H](n2cc(C#CNC(=O)OCCCCOCSSC(C)(C)CCOC(=O)NCCOCCOCCNC(=O)c3ccc(C(=O)O)c(-c4c5ccc(=N)c(S(=O)(=O)O)c-5oc5c(S(=O)(=O)O)c(N)ccc45)c3)c(N)nc2=O)O[C@@H]1COP(=O)(O)OP(=O)(O)OP(=O)(O)O. The Balaban J connectivity index is 0.821. The van der Waals surface area contributed by atoms with Crippen molar-refractivity contribution >= 4 is 133 Å². The lowest BCUT2D eigenvalue weighted by Crippen LogP contribution is -2.30.